The van der Waals surface area contributed by atoms with Gasteiger partial charge >= 0.3 is 0 Å². The van der Waals surface area contributed by atoms with Gasteiger partial charge in [0.1, 0.15) is 0 Å². The minimum Gasteiger partial charge on any atom is -0.317 e. The summed E-state index contributed by atoms with van der Waals surface area (Å²) in [4.78, 5) is 0. The van der Waals surface area contributed by atoms with Gasteiger partial charge < -0.3 is 5.32 Å². The summed E-state index contributed by atoms with van der Waals surface area (Å²) in [5.74, 6) is 0. The molecule has 0 aliphatic carbocycles. The zero-order chi connectivity index (χ0) is 6.69. The molecule has 0 aromatic heterocycles. The van der Waals surface area contributed by atoms with Crippen LogP contribution in [0.2, 0.25) is 0 Å². The highest BCUT2D eigenvalue weighted by atomic mass is 32.2. The summed E-state index contributed by atoms with van der Waals surface area (Å²) >= 11 is 0. The van der Waals surface area contributed by atoms with Gasteiger partial charge in [-0.15, -0.1) is 0 Å². The summed E-state index contributed by atoms with van der Waals surface area (Å²) in [5, 5.41) is 8.63. The molecule has 0 saturated carbocycles. The van der Waals surface area contributed by atoms with Crippen molar-refractivity contribution >= 4 is 11.0 Å². The summed E-state index contributed by atoms with van der Waals surface area (Å²) in [7, 11) is -1.09. The number of piperidine rings is 1. The van der Waals surface area contributed by atoms with Crippen molar-refractivity contribution in [1.29, 1.82) is 0 Å². The Morgan fingerprint density at radius 2 is 2.00 bits per heavy atom. The van der Waals surface area contributed by atoms with Crippen molar-refractivity contribution < 1.29 is 4.21 Å². The third-order valence-electron chi connectivity index (χ3n) is 1.61. The van der Waals surface area contributed by atoms with Crippen LogP contribution >= 0.6 is 0 Å². The van der Waals surface area contributed by atoms with Crippen LogP contribution in [0, 0.1) is 0 Å². The van der Waals surface area contributed by atoms with E-state index in [9.17, 15) is 4.21 Å². The molecule has 9 heavy (non-hydrogen) atoms. The van der Waals surface area contributed by atoms with E-state index in [0.717, 1.165) is 25.9 Å². The molecule has 0 aromatic rings. The average molecular weight is 148 g/mol. The second-order valence-electron chi connectivity index (χ2n) is 2.28. The topological polar surface area (TPSA) is 55.1 Å². The van der Waals surface area contributed by atoms with E-state index in [4.69, 9.17) is 5.14 Å². The van der Waals surface area contributed by atoms with Crippen LogP contribution in [-0.4, -0.2) is 22.5 Å². The van der Waals surface area contributed by atoms with Crippen LogP contribution in [0.25, 0.3) is 0 Å². The third kappa shape index (κ3) is 2.04. The van der Waals surface area contributed by atoms with Crippen LogP contribution in [0.3, 0.4) is 0 Å². The molecule has 1 saturated heterocycles. The smallest absolute Gasteiger partial charge is 0.0920 e. The fourth-order valence-electron chi connectivity index (χ4n) is 1.03. The summed E-state index contributed by atoms with van der Waals surface area (Å²) in [5.41, 5.74) is 0. The highest BCUT2D eigenvalue weighted by Crippen LogP contribution is 2.05. The molecule has 1 atom stereocenters. The second-order valence-corrected chi connectivity index (χ2v) is 3.60. The third-order valence-corrected chi connectivity index (χ3v) is 2.74. The number of nitrogens with one attached hydrogen (secondary N) is 1. The van der Waals surface area contributed by atoms with Crippen molar-refractivity contribution in [3.05, 3.63) is 0 Å². The van der Waals surface area contributed by atoms with E-state index in [2.05, 4.69) is 5.32 Å². The molecule has 0 bridgehead atoms. The number of hydrogen-bond acceptors (Lipinski definition) is 2. The Morgan fingerprint density at radius 1 is 1.44 bits per heavy atom. The first-order chi connectivity index (χ1) is 4.30. The van der Waals surface area contributed by atoms with Crippen molar-refractivity contribution in [1.82, 2.24) is 5.32 Å². The summed E-state index contributed by atoms with van der Waals surface area (Å²) in [6.07, 6.45) is 1.92. The van der Waals surface area contributed by atoms with E-state index in [1.807, 2.05) is 0 Å². The molecule has 0 radical (unpaired) electrons. The lowest BCUT2D eigenvalue weighted by molar-refractivity contribution is 0.520. The highest BCUT2D eigenvalue weighted by Gasteiger charge is 2.15. The predicted molar refractivity (Wildman–Crippen MR) is 38.2 cm³/mol. The Balaban J connectivity index is 2.31. The molecular weight excluding hydrogens is 136 g/mol. The lowest BCUT2D eigenvalue weighted by Crippen LogP contribution is -2.35. The van der Waals surface area contributed by atoms with Gasteiger partial charge in [-0.05, 0) is 25.9 Å². The largest absolute Gasteiger partial charge is 0.317 e. The zero-order valence-corrected chi connectivity index (χ0v) is 6.12. The van der Waals surface area contributed by atoms with Gasteiger partial charge in [0.05, 0.1) is 16.2 Å². The summed E-state index contributed by atoms with van der Waals surface area (Å²) in [6, 6.07) is 0. The monoisotopic (exact) mass is 148 g/mol. The van der Waals surface area contributed by atoms with Crippen molar-refractivity contribution in [2.24, 2.45) is 5.14 Å². The molecule has 1 aliphatic heterocycles. The average Bonchev–Trinajstić information content (AvgIpc) is 1.90. The van der Waals surface area contributed by atoms with Gasteiger partial charge in [-0.3, -0.25) is 5.14 Å². The maximum Gasteiger partial charge on any atom is 0.0920 e. The highest BCUT2D eigenvalue weighted by molar-refractivity contribution is 7.83. The standard InChI is InChI=1S/C5H12N2OS/c6-9(8)5-1-3-7-4-2-5/h5,7H,1-4,6H2/t9-/m1/s1. The van der Waals surface area contributed by atoms with Crippen LogP contribution in [0.4, 0.5) is 0 Å². The molecule has 3 N–H and O–H groups in total. The Kier molecular flexibility index (Phi) is 2.63. The van der Waals surface area contributed by atoms with E-state index in [0.29, 0.717) is 0 Å². The predicted octanol–water partition coefficient (Wildman–Crippen LogP) is -0.639. The zero-order valence-electron chi connectivity index (χ0n) is 5.30. The quantitative estimate of drug-likeness (QED) is 0.520. The van der Waals surface area contributed by atoms with Crippen molar-refractivity contribution in [2.45, 2.75) is 18.1 Å². The molecule has 54 valence electrons. The van der Waals surface area contributed by atoms with Gasteiger partial charge in [-0.2, -0.15) is 0 Å². The van der Waals surface area contributed by atoms with Crippen LogP contribution in [0.5, 0.6) is 0 Å². The van der Waals surface area contributed by atoms with E-state index in [1.54, 1.807) is 0 Å². The minimum atomic E-state index is -1.09. The SMILES string of the molecule is N[S@](=O)C1CCNCC1. The molecule has 1 aliphatic rings. The molecule has 3 nitrogen and oxygen atoms in total. The van der Waals surface area contributed by atoms with E-state index in [-0.39, 0.29) is 5.25 Å². The van der Waals surface area contributed by atoms with Crippen molar-refractivity contribution in [3.63, 3.8) is 0 Å². The first-order valence-corrected chi connectivity index (χ1v) is 4.44. The van der Waals surface area contributed by atoms with Crippen LogP contribution < -0.4 is 10.5 Å². The summed E-state index contributed by atoms with van der Waals surface area (Å²) in [6.45, 7) is 1.93. The van der Waals surface area contributed by atoms with Crippen LogP contribution in [0.1, 0.15) is 12.8 Å². The number of hydrogen-bond donors (Lipinski definition) is 2. The fourth-order valence-corrected chi connectivity index (χ4v) is 1.73. The molecule has 1 heterocycles. The Hall–Kier alpha value is 0.0700. The Morgan fingerprint density at radius 3 is 2.33 bits per heavy atom. The van der Waals surface area contributed by atoms with Gasteiger partial charge in [-0.1, -0.05) is 0 Å². The lowest BCUT2D eigenvalue weighted by Gasteiger charge is -2.19. The van der Waals surface area contributed by atoms with Gasteiger partial charge in [-0.25, -0.2) is 4.21 Å². The first kappa shape index (κ1) is 7.18. The maximum atomic E-state index is 10.7. The molecule has 0 amide bonds. The van der Waals surface area contributed by atoms with Crippen molar-refractivity contribution in [2.75, 3.05) is 13.1 Å². The van der Waals surface area contributed by atoms with E-state index >= 15 is 0 Å². The Labute approximate surface area is 57.6 Å². The molecular formula is C5H12N2OS. The molecule has 1 fully saturated rings. The van der Waals surface area contributed by atoms with Gasteiger partial charge in [0.2, 0.25) is 0 Å². The normalized spacial score (nSPS) is 25.9. The molecule has 0 unspecified atom stereocenters. The molecule has 4 heteroatoms. The minimum absolute atomic E-state index is 0.242. The van der Waals surface area contributed by atoms with Crippen LogP contribution in [0.15, 0.2) is 0 Å². The fraction of sp³-hybridized carbons (Fsp3) is 1.00. The molecule has 0 spiro atoms. The lowest BCUT2D eigenvalue weighted by atomic mass is 10.2. The van der Waals surface area contributed by atoms with E-state index < -0.39 is 11.0 Å². The van der Waals surface area contributed by atoms with Crippen molar-refractivity contribution in [3.8, 4) is 0 Å². The molecule has 0 aromatic carbocycles. The van der Waals surface area contributed by atoms with Gasteiger partial charge in [0.15, 0.2) is 0 Å². The van der Waals surface area contributed by atoms with Gasteiger partial charge in [0.25, 0.3) is 0 Å². The first-order valence-electron chi connectivity index (χ1n) is 3.16. The van der Waals surface area contributed by atoms with Crippen LogP contribution in [-0.2, 0) is 11.0 Å². The number of rotatable bonds is 1. The summed E-state index contributed by atoms with van der Waals surface area (Å²) < 4.78 is 10.7. The number of nitrogens with two attached hydrogens (primary N) is 1. The molecule has 1 rings (SSSR count). The van der Waals surface area contributed by atoms with E-state index in [1.165, 1.54) is 0 Å². The van der Waals surface area contributed by atoms with Gasteiger partial charge in [0, 0.05) is 0 Å². The maximum absolute atomic E-state index is 10.7. The second kappa shape index (κ2) is 3.29. The Bertz CT molecular complexity index is 112.